The SMILES string of the molecule is C=C1C(C)=CC=C2SCCN12. The van der Waals surface area contributed by atoms with Gasteiger partial charge in [0.25, 0.3) is 0 Å². The summed E-state index contributed by atoms with van der Waals surface area (Å²) in [4.78, 5) is 2.29. The molecule has 0 aromatic rings. The molecule has 2 rings (SSSR count). The zero-order chi connectivity index (χ0) is 7.84. The normalized spacial score (nSPS) is 23.0. The molecular formula is C9H11NS. The molecule has 0 spiro atoms. The number of hydrogen-bond donors (Lipinski definition) is 0. The summed E-state index contributed by atoms with van der Waals surface area (Å²) in [6.07, 6.45) is 4.33. The van der Waals surface area contributed by atoms with E-state index in [0.717, 1.165) is 6.54 Å². The first kappa shape index (κ1) is 7.04. The van der Waals surface area contributed by atoms with Crippen LogP contribution < -0.4 is 0 Å². The first-order valence-electron chi connectivity index (χ1n) is 3.77. The molecule has 2 aliphatic rings. The average Bonchev–Trinajstić information content (AvgIpc) is 2.45. The largest absolute Gasteiger partial charge is 0.336 e. The van der Waals surface area contributed by atoms with E-state index in [0.29, 0.717) is 0 Å². The minimum Gasteiger partial charge on any atom is -0.336 e. The Kier molecular flexibility index (Phi) is 1.57. The van der Waals surface area contributed by atoms with Crippen molar-refractivity contribution in [1.82, 2.24) is 4.90 Å². The summed E-state index contributed by atoms with van der Waals surface area (Å²) in [5.74, 6) is 1.20. The molecule has 0 aromatic heterocycles. The van der Waals surface area contributed by atoms with E-state index in [4.69, 9.17) is 0 Å². The standard InChI is InChI=1S/C9H11NS/c1-7-3-4-9-10(8(7)2)5-6-11-9/h3-4H,2,5-6H2,1H3. The van der Waals surface area contributed by atoms with Gasteiger partial charge in [-0.25, -0.2) is 0 Å². The van der Waals surface area contributed by atoms with Crippen LogP contribution in [0.5, 0.6) is 0 Å². The quantitative estimate of drug-likeness (QED) is 0.542. The Morgan fingerprint density at radius 3 is 3.18 bits per heavy atom. The molecule has 0 bridgehead atoms. The first-order valence-corrected chi connectivity index (χ1v) is 4.76. The van der Waals surface area contributed by atoms with Crippen LogP contribution in [-0.4, -0.2) is 17.2 Å². The van der Waals surface area contributed by atoms with E-state index in [1.54, 1.807) is 0 Å². The number of rotatable bonds is 0. The summed E-state index contributed by atoms with van der Waals surface area (Å²) >= 11 is 1.91. The molecule has 2 heteroatoms. The molecule has 2 heterocycles. The lowest BCUT2D eigenvalue weighted by Crippen LogP contribution is -2.19. The highest BCUT2D eigenvalue weighted by Gasteiger charge is 2.22. The van der Waals surface area contributed by atoms with Crippen molar-refractivity contribution in [2.24, 2.45) is 0 Å². The van der Waals surface area contributed by atoms with Crippen molar-refractivity contribution in [1.29, 1.82) is 0 Å². The van der Waals surface area contributed by atoms with E-state index < -0.39 is 0 Å². The third kappa shape index (κ3) is 1.02. The molecule has 0 amide bonds. The lowest BCUT2D eigenvalue weighted by molar-refractivity contribution is 0.506. The van der Waals surface area contributed by atoms with Crippen molar-refractivity contribution in [2.45, 2.75) is 6.92 Å². The van der Waals surface area contributed by atoms with Crippen LogP contribution in [0.2, 0.25) is 0 Å². The first-order chi connectivity index (χ1) is 5.29. The fourth-order valence-corrected chi connectivity index (χ4v) is 2.35. The lowest BCUT2D eigenvalue weighted by atomic mass is 10.1. The highest BCUT2D eigenvalue weighted by atomic mass is 32.2. The molecule has 0 aliphatic carbocycles. The highest BCUT2D eigenvalue weighted by Crippen LogP contribution is 2.35. The van der Waals surface area contributed by atoms with Crippen molar-refractivity contribution >= 4 is 11.8 Å². The van der Waals surface area contributed by atoms with Crippen LogP contribution in [0.3, 0.4) is 0 Å². The Hall–Kier alpha value is -0.630. The maximum Gasteiger partial charge on any atom is 0.0752 e. The molecule has 11 heavy (non-hydrogen) atoms. The molecule has 0 N–H and O–H groups in total. The van der Waals surface area contributed by atoms with E-state index in [1.165, 1.54) is 22.1 Å². The fourth-order valence-electron chi connectivity index (χ4n) is 1.34. The van der Waals surface area contributed by atoms with Gasteiger partial charge in [-0.2, -0.15) is 0 Å². The summed E-state index contributed by atoms with van der Waals surface area (Å²) in [6.45, 7) is 7.28. The van der Waals surface area contributed by atoms with Gasteiger partial charge in [0.2, 0.25) is 0 Å². The molecule has 2 aliphatic heterocycles. The highest BCUT2D eigenvalue weighted by molar-refractivity contribution is 8.03. The maximum absolute atomic E-state index is 4.04. The molecule has 0 unspecified atom stereocenters. The van der Waals surface area contributed by atoms with E-state index in [1.807, 2.05) is 11.8 Å². The maximum atomic E-state index is 4.04. The van der Waals surface area contributed by atoms with Crippen LogP contribution in [0.4, 0.5) is 0 Å². The second kappa shape index (κ2) is 2.45. The third-order valence-electron chi connectivity index (χ3n) is 2.09. The van der Waals surface area contributed by atoms with Crippen LogP contribution in [-0.2, 0) is 0 Å². The number of fused-ring (bicyclic) bond motifs is 1. The average molecular weight is 165 g/mol. The number of hydrogen-bond acceptors (Lipinski definition) is 2. The molecule has 0 atom stereocenters. The van der Waals surface area contributed by atoms with Gasteiger partial charge in [-0.15, -0.1) is 11.8 Å². The molecule has 0 aromatic carbocycles. The molecule has 0 radical (unpaired) electrons. The molecule has 0 saturated carbocycles. The molecule has 58 valence electrons. The Morgan fingerprint density at radius 1 is 1.55 bits per heavy atom. The zero-order valence-electron chi connectivity index (χ0n) is 6.63. The lowest BCUT2D eigenvalue weighted by Gasteiger charge is -2.24. The molecule has 1 nitrogen and oxygen atoms in total. The van der Waals surface area contributed by atoms with Crippen LogP contribution >= 0.6 is 11.8 Å². The van der Waals surface area contributed by atoms with Crippen LogP contribution in [0.1, 0.15) is 6.92 Å². The van der Waals surface area contributed by atoms with E-state index in [-0.39, 0.29) is 0 Å². The summed E-state index contributed by atoms with van der Waals surface area (Å²) in [6, 6.07) is 0. The van der Waals surface area contributed by atoms with Gasteiger partial charge in [0.15, 0.2) is 0 Å². The zero-order valence-corrected chi connectivity index (χ0v) is 7.45. The summed E-state index contributed by atoms with van der Waals surface area (Å²) in [5.41, 5.74) is 2.46. The van der Waals surface area contributed by atoms with Crippen molar-refractivity contribution in [3.05, 3.63) is 35.0 Å². The summed E-state index contributed by atoms with van der Waals surface area (Å²) < 4.78 is 0. The van der Waals surface area contributed by atoms with Crippen molar-refractivity contribution in [3.63, 3.8) is 0 Å². The predicted octanol–water partition coefficient (Wildman–Crippen LogP) is 2.35. The summed E-state index contributed by atoms with van der Waals surface area (Å²) in [5, 5.41) is 1.36. The van der Waals surface area contributed by atoms with Gasteiger partial charge in [-0.05, 0) is 18.6 Å². The fraction of sp³-hybridized carbons (Fsp3) is 0.333. The van der Waals surface area contributed by atoms with Gasteiger partial charge in [-0.3, -0.25) is 0 Å². The molecule has 1 saturated heterocycles. The smallest absolute Gasteiger partial charge is 0.0752 e. The Labute approximate surface area is 71.5 Å². The number of thioether (sulfide) groups is 1. The monoisotopic (exact) mass is 165 g/mol. The van der Waals surface area contributed by atoms with Gasteiger partial charge in [-0.1, -0.05) is 12.7 Å². The van der Waals surface area contributed by atoms with Crippen molar-refractivity contribution in [3.8, 4) is 0 Å². The summed E-state index contributed by atoms with van der Waals surface area (Å²) in [7, 11) is 0. The Morgan fingerprint density at radius 2 is 2.36 bits per heavy atom. The number of allylic oxidation sites excluding steroid dienone is 3. The second-order valence-corrected chi connectivity index (χ2v) is 3.92. The van der Waals surface area contributed by atoms with Crippen molar-refractivity contribution in [2.75, 3.05) is 12.3 Å². The van der Waals surface area contributed by atoms with E-state index in [9.17, 15) is 0 Å². The van der Waals surface area contributed by atoms with Crippen LogP contribution in [0.15, 0.2) is 35.0 Å². The van der Waals surface area contributed by atoms with Gasteiger partial charge >= 0.3 is 0 Å². The van der Waals surface area contributed by atoms with Crippen LogP contribution in [0, 0.1) is 0 Å². The predicted molar refractivity (Wildman–Crippen MR) is 50.1 cm³/mol. The van der Waals surface area contributed by atoms with Crippen molar-refractivity contribution < 1.29 is 0 Å². The van der Waals surface area contributed by atoms with Gasteiger partial charge in [0.1, 0.15) is 0 Å². The topological polar surface area (TPSA) is 3.24 Å². The van der Waals surface area contributed by atoms with Gasteiger partial charge in [0, 0.05) is 18.0 Å². The van der Waals surface area contributed by atoms with Crippen LogP contribution in [0.25, 0.3) is 0 Å². The minimum absolute atomic E-state index is 1.13. The van der Waals surface area contributed by atoms with E-state index in [2.05, 4.69) is 30.6 Å². The van der Waals surface area contributed by atoms with Gasteiger partial charge < -0.3 is 4.90 Å². The molecule has 1 fully saturated rings. The van der Waals surface area contributed by atoms with Gasteiger partial charge in [0.05, 0.1) is 5.03 Å². The Balaban J connectivity index is 2.36. The molecular weight excluding hydrogens is 154 g/mol. The minimum atomic E-state index is 1.13. The third-order valence-corrected chi connectivity index (χ3v) is 3.13. The number of nitrogens with zero attached hydrogens (tertiary/aromatic N) is 1. The Bertz CT molecular complexity index is 263. The second-order valence-electron chi connectivity index (χ2n) is 2.80. The van der Waals surface area contributed by atoms with E-state index >= 15 is 0 Å².